The molecule has 2 aliphatic rings. The lowest BCUT2D eigenvalue weighted by molar-refractivity contribution is 0.0926. The predicted octanol–water partition coefficient (Wildman–Crippen LogP) is 7.35. The van der Waals surface area contributed by atoms with Crippen LogP contribution in [0.4, 0.5) is 0 Å². The number of fused-ring (bicyclic) bond motifs is 2. The van der Waals surface area contributed by atoms with Crippen LogP contribution in [0.3, 0.4) is 0 Å². The van der Waals surface area contributed by atoms with E-state index in [-0.39, 0.29) is 6.10 Å². The van der Waals surface area contributed by atoms with Gasteiger partial charge in [0.05, 0.1) is 22.6 Å². The van der Waals surface area contributed by atoms with Gasteiger partial charge in [0.1, 0.15) is 15.4 Å². The summed E-state index contributed by atoms with van der Waals surface area (Å²) in [5, 5.41) is 16.2. The maximum atomic E-state index is 9.19. The molecular formula is C30H41ClN4O2S2. The fourth-order valence-electron chi connectivity index (χ4n) is 5.23. The van der Waals surface area contributed by atoms with Crippen LogP contribution in [0.5, 0.6) is 5.75 Å². The Kier molecular flexibility index (Phi) is 11.4. The van der Waals surface area contributed by atoms with Gasteiger partial charge in [-0.05, 0) is 115 Å². The molecule has 4 aromatic rings. The van der Waals surface area contributed by atoms with Crippen molar-refractivity contribution >= 4 is 54.7 Å². The van der Waals surface area contributed by atoms with Crippen LogP contribution < -0.4 is 4.74 Å². The molecule has 2 aliphatic carbocycles. The highest BCUT2D eigenvalue weighted by Crippen LogP contribution is 2.32. The highest BCUT2D eigenvalue weighted by atomic mass is 35.5. The van der Waals surface area contributed by atoms with Gasteiger partial charge in [-0.15, -0.1) is 22.7 Å². The Morgan fingerprint density at radius 2 is 1.26 bits per heavy atom. The van der Waals surface area contributed by atoms with Crippen molar-refractivity contribution in [1.29, 1.82) is 0 Å². The molecule has 4 aromatic heterocycles. The van der Waals surface area contributed by atoms with E-state index in [4.69, 9.17) is 16.3 Å². The van der Waals surface area contributed by atoms with Gasteiger partial charge in [0.2, 0.25) is 0 Å². The van der Waals surface area contributed by atoms with Crippen molar-refractivity contribution in [3.8, 4) is 5.75 Å². The molecule has 9 heteroatoms. The highest BCUT2D eigenvalue weighted by molar-refractivity contribution is 7.17. The van der Waals surface area contributed by atoms with Gasteiger partial charge >= 0.3 is 0 Å². The molecule has 0 aromatic carbocycles. The summed E-state index contributed by atoms with van der Waals surface area (Å²) in [5.41, 5.74) is 0. The summed E-state index contributed by atoms with van der Waals surface area (Å²) in [7, 11) is 8.57. The van der Waals surface area contributed by atoms with Gasteiger partial charge < -0.3 is 19.6 Å². The standard InChI is InChI=1S/C15H20N2OS.C8H17NO.C7H4ClNS/c1-17(2)11-3-5-12(6-4-11)18-14-7-9-16-15-13(14)8-10-19-15;1-9(2)7-3-5-8(10)6-4-7;8-6-1-3-9-7-5(6)2-4-10-7/h7-12H,3-6H2,1-2H3;7-8,10H,3-6H2,1-2H3;1-4H. The summed E-state index contributed by atoms with van der Waals surface area (Å²) >= 11 is 9.14. The van der Waals surface area contributed by atoms with Crippen LogP contribution in [0, 0.1) is 0 Å². The Balaban J connectivity index is 0.000000149. The summed E-state index contributed by atoms with van der Waals surface area (Å²) in [6.07, 6.45) is 13.0. The summed E-state index contributed by atoms with van der Waals surface area (Å²) in [5.74, 6) is 1.000. The Morgan fingerprint density at radius 1 is 0.744 bits per heavy atom. The summed E-state index contributed by atoms with van der Waals surface area (Å²) in [4.78, 5) is 15.2. The number of hydrogen-bond donors (Lipinski definition) is 1. The normalized spacial score (nSPS) is 23.3. The Hall–Kier alpha value is -1.81. The average Bonchev–Trinajstić information content (AvgIpc) is 3.61. The van der Waals surface area contributed by atoms with Gasteiger partial charge in [0.25, 0.3) is 0 Å². The summed E-state index contributed by atoms with van der Waals surface area (Å²) in [6, 6.07) is 9.31. The first kappa shape index (κ1) is 30.2. The number of aliphatic hydroxyl groups is 1. The number of ether oxygens (including phenoxy) is 1. The van der Waals surface area contributed by atoms with E-state index < -0.39 is 0 Å². The van der Waals surface area contributed by atoms with Crippen LogP contribution in [0.1, 0.15) is 51.4 Å². The van der Waals surface area contributed by atoms with Crippen molar-refractivity contribution in [1.82, 2.24) is 19.8 Å². The van der Waals surface area contributed by atoms with Crippen LogP contribution in [0.15, 0.2) is 47.4 Å². The highest BCUT2D eigenvalue weighted by Gasteiger charge is 2.24. The number of aliphatic hydroxyl groups excluding tert-OH is 1. The number of thiophene rings is 2. The molecule has 2 saturated carbocycles. The minimum absolute atomic E-state index is 0.0174. The van der Waals surface area contributed by atoms with Crippen molar-refractivity contribution in [2.24, 2.45) is 0 Å². The van der Waals surface area contributed by atoms with E-state index in [0.717, 1.165) is 75.8 Å². The molecular weight excluding hydrogens is 548 g/mol. The molecule has 0 amide bonds. The van der Waals surface area contributed by atoms with E-state index in [2.05, 4.69) is 59.4 Å². The van der Waals surface area contributed by atoms with Crippen LogP contribution in [0.25, 0.3) is 20.4 Å². The molecule has 39 heavy (non-hydrogen) atoms. The van der Waals surface area contributed by atoms with E-state index in [1.807, 2.05) is 23.7 Å². The number of halogens is 1. The first-order valence-electron chi connectivity index (χ1n) is 13.8. The molecule has 0 unspecified atom stereocenters. The van der Waals surface area contributed by atoms with Crippen LogP contribution in [-0.2, 0) is 0 Å². The zero-order chi connectivity index (χ0) is 27.8. The fraction of sp³-hybridized carbons (Fsp3) is 0.533. The van der Waals surface area contributed by atoms with Crippen molar-refractivity contribution < 1.29 is 9.84 Å². The lowest BCUT2D eigenvalue weighted by Gasteiger charge is -2.32. The molecule has 6 rings (SSSR count). The van der Waals surface area contributed by atoms with Gasteiger partial charge in [-0.25, -0.2) is 9.97 Å². The first-order valence-corrected chi connectivity index (χ1v) is 15.9. The SMILES string of the molecule is CN(C)C1CCC(O)CC1.CN(C)C1CCC(Oc2ccnc3sccc23)CC1.Clc1ccnc2sccc12. The number of pyridine rings is 2. The fourth-order valence-corrected chi connectivity index (χ4v) is 7.01. The lowest BCUT2D eigenvalue weighted by Crippen LogP contribution is -2.35. The topological polar surface area (TPSA) is 61.7 Å². The second-order valence-corrected chi connectivity index (χ2v) is 13.0. The molecule has 0 aliphatic heterocycles. The summed E-state index contributed by atoms with van der Waals surface area (Å²) in [6.45, 7) is 0. The zero-order valence-electron chi connectivity index (χ0n) is 23.4. The van der Waals surface area contributed by atoms with Gasteiger partial charge in [0, 0.05) is 29.9 Å². The Bertz CT molecular complexity index is 1280. The van der Waals surface area contributed by atoms with Gasteiger partial charge in [-0.2, -0.15) is 0 Å². The van der Waals surface area contributed by atoms with Gasteiger partial charge in [0.15, 0.2) is 0 Å². The molecule has 1 N–H and O–H groups in total. The smallest absolute Gasteiger partial charge is 0.131 e. The van der Waals surface area contributed by atoms with E-state index in [1.165, 1.54) is 12.8 Å². The van der Waals surface area contributed by atoms with Gasteiger partial charge in [-0.1, -0.05) is 11.6 Å². The molecule has 0 spiro atoms. The third-order valence-corrected chi connectivity index (χ3v) is 9.68. The number of aromatic nitrogens is 2. The monoisotopic (exact) mass is 588 g/mol. The van der Waals surface area contributed by atoms with Crippen molar-refractivity contribution in [2.45, 2.75) is 75.7 Å². The van der Waals surface area contributed by atoms with Crippen molar-refractivity contribution in [2.75, 3.05) is 28.2 Å². The number of nitrogens with zero attached hydrogens (tertiary/aromatic N) is 4. The molecule has 0 bridgehead atoms. The second-order valence-electron chi connectivity index (χ2n) is 10.8. The molecule has 0 radical (unpaired) electrons. The molecule has 4 heterocycles. The molecule has 212 valence electrons. The van der Waals surface area contributed by atoms with Crippen LogP contribution >= 0.6 is 34.3 Å². The van der Waals surface area contributed by atoms with E-state index >= 15 is 0 Å². The van der Waals surface area contributed by atoms with E-state index in [0.29, 0.717) is 12.1 Å². The molecule has 6 nitrogen and oxygen atoms in total. The molecule has 2 fully saturated rings. The van der Waals surface area contributed by atoms with E-state index in [1.54, 1.807) is 34.9 Å². The van der Waals surface area contributed by atoms with Crippen molar-refractivity contribution in [3.05, 3.63) is 52.4 Å². The van der Waals surface area contributed by atoms with E-state index in [9.17, 15) is 5.11 Å². The number of hydrogen-bond acceptors (Lipinski definition) is 8. The van der Waals surface area contributed by atoms with Crippen LogP contribution in [-0.4, -0.2) is 77.4 Å². The van der Waals surface area contributed by atoms with Crippen molar-refractivity contribution in [3.63, 3.8) is 0 Å². The average molecular weight is 589 g/mol. The minimum atomic E-state index is -0.0174. The quantitative estimate of drug-likeness (QED) is 0.269. The zero-order valence-corrected chi connectivity index (χ0v) is 25.8. The first-order chi connectivity index (χ1) is 18.8. The maximum absolute atomic E-state index is 9.19. The Labute approximate surface area is 245 Å². The third-order valence-electron chi connectivity index (χ3n) is 7.71. The Morgan fingerprint density at radius 3 is 1.82 bits per heavy atom. The summed E-state index contributed by atoms with van der Waals surface area (Å²) < 4.78 is 6.20. The minimum Gasteiger partial charge on any atom is -0.490 e. The van der Waals surface area contributed by atoms with Gasteiger partial charge in [-0.3, -0.25) is 0 Å². The molecule has 0 atom stereocenters. The van der Waals surface area contributed by atoms with Crippen LogP contribution in [0.2, 0.25) is 5.02 Å². The lowest BCUT2D eigenvalue weighted by atomic mass is 9.92. The third kappa shape index (κ3) is 8.59. The molecule has 0 saturated heterocycles. The maximum Gasteiger partial charge on any atom is 0.131 e. The predicted molar refractivity (Wildman–Crippen MR) is 167 cm³/mol. The number of rotatable bonds is 4. The largest absolute Gasteiger partial charge is 0.490 e. The second kappa shape index (κ2) is 14.7.